The van der Waals surface area contributed by atoms with Crippen molar-refractivity contribution in [1.82, 2.24) is 14.8 Å². The van der Waals surface area contributed by atoms with Gasteiger partial charge in [-0.2, -0.15) is 0 Å². The van der Waals surface area contributed by atoms with E-state index in [1.54, 1.807) is 11.3 Å². The van der Waals surface area contributed by atoms with E-state index in [0.717, 1.165) is 43.3 Å². The number of hydrogen-bond acceptors (Lipinski definition) is 4. The van der Waals surface area contributed by atoms with Crippen LogP contribution in [0.15, 0.2) is 0 Å². The lowest BCUT2D eigenvalue weighted by molar-refractivity contribution is -0.133. The van der Waals surface area contributed by atoms with E-state index in [1.807, 2.05) is 6.92 Å². The Morgan fingerprint density at radius 1 is 1.39 bits per heavy atom. The van der Waals surface area contributed by atoms with Crippen molar-refractivity contribution in [3.05, 3.63) is 15.6 Å². The lowest BCUT2D eigenvalue weighted by atomic mass is 10.1. The summed E-state index contributed by atoms with van der Waals surface area (Å²) >= 11 is 1.68. The van der Waals surface area contributed by atoms with Gasteiger partial charge in [0.1, 0.15) is 0 Å². The maximum atomic E-state index is 12.4. The Kier molecular flexibility index (Phi) is 3.11. The molecule has 3 rings (SSSR count). The molecule has 2 aliphatic heterocycles. The third-order valence-electron chi connectivity index (χ3n) is 3.98. The molecule has 2 atom stereocenters. The number of carbonyl (C=O) groups is 1. The second kappa shape index (κ2) is 4.63. The van der Waals surface area contributed by atoms with Crippen LogP contribution in [0, 0.1) is 13.8 Å². The molecular weight excluding hydrogens is 246 g/mol. The van der Waals surface area contributed by atoms with E-state index in [4.69, 9.17) is 0 Å². The molecule has 2 bridgehead atoms. The zero-order valence-corrected chi connectivity index (χ0v) is 11.8. The van der Waals surface area contributed by atoms with Gasteiger partial charge in [0.05, 0.1) is 17.1 Å². The first-order valence-corrected chi connectivity index (χ1v) is 7.40. The van der Waals surface area contributed by atoms with Gasteiger partial charge in [-0.25, -0.2) is 4.98 Å². The van der Waals surface area contributed by atoms with Crippen molar-refractivity contribution in [2.24, 2.45) is 0 Å². The predicted octanol–water partition coefficient (Wildman–Crippen LogP) is 1.22. The van der Waals surface area contributed by atoms with Crippen molar-refractivity contribution >= 4 is 17.2 Å². The molecule has 98 valence electrons. The minimum Gasteiger partial charge on any atom is -0.337 e. The van der Waals surface area contributed by atoms with Gasteiger partial charge < -0.3 is 4.90 Å². The normalized spacial score (nSPS) is 26.7. The number of fused-ring (bicyclic) bond motifs is 2. The fourth-order valence-corrected chi connectivity index (χ4v) is 3.85. The van der Waals surface area contributed by atoms with Crippen molar-refractivity contribution in [2.75, 3.05) is 26.2 Å². The smallest absolute Gasteiger partial charge is 0.228 e. The zero-order chi connectivity index (χ0) is 12.7. The molecule has 0 aromatic carbocycles. The maximum absolute atomic E-state index is 12.4. The largest absolute Gasteiger partial charge is 0.337 e. The van der Waals surface area contributed by atoms with Crippen molar-refractivity contribution in [3.63, 3.8) is 0 Å². The van der Waals surface area contributed by atoms with Crippen molar-refractivity contribution < 1.29 is 4.79 Å². The molecule has 0 radical (unpaired) electrons. The molecule has 2 fully saturated rings. The van der Waals surface area contributed by atoms with Crippen LogP contribution in [-0.4, -0.2) is 52.9 Å². The molecule has 18 heavy (non-hydrogen) atoms. The molecule has 2 aliphatic rings. The van der Waals surface area contributed by atoms with Crippen LogP contribution in [0.1, 0.15) is 22.0 Å². The highest BCUT2D eigenvalue weighted by Gasteiger charge is 2.35. The van der Waals surface area contributed by atoms with E-state index in [9.17, 15) is 4.79 Å². The number of aryl methyl sites for hydroxylation is 2. The fourth-order valence-electron chi connectivity index (χ4n) is 3.01. The summed E-state index contributed by atoms with van der Waals surface area (Å²) in [5.41, 5.74) is 0.975. The number of thiazole rings is 1. The SMILES string of the molecule is Cc1nc(CC(=O)N2CCN3CCC2C3)c(C)s1. The minimum absolute atomic E-state index is 0.259. The quantitative estimate of drug-likeness (QED) is 0.807. The van der Waals surface area contributed by atoms with Crippen LogP contribution in [0.5, 0.6) is 0 Å². The summed E-state index contributed by atoms with van der Waals surface area (Å²) in [5.74, 6) is 0.259. The molecule has 1 amide bonds. The van der Waals surface area contributed by atoms with Crippen molar-refractivity contribution in [1.29, 1.82) is 0 Å². The van der Waals surface area contributed by atoms with Gasteiger partial charge in [0.25, 0.3) is 0 Å². The van der Waals surface area contributed by atoms with E-state index in [-0.39, 0.29) is 5.91 Å². The van der Waals surface area contributed by atoms with Crippen LogP contribution in [-0.2, 0) is 11.2 Å². The highest BCUT2D eigenvalue weighted by molar-refractivity contribution is 7.11. The monoisotopic (exact) mass is 265 g/mol. The third kappa shape index (κ3) is 2.17. The standard InChI is InChI=1S/C13H19N3OS/c1-9-12(14-10(2)18-9)7-13(17)16-6-5-15-4-3-11(16)8-15/h11H,3-8H2,1-2H3. The van der Waals surface area contributed by atoms with E-state index < -0.39 is 0 Å². The van der Waals surface area contributed by atoms with Gasteiger partial charge in [-0.3, -0.25) is 9.69 Å². The van der Waals surface area contributed by atoms with Crippen molar-refractivity contribution in [3.8, 4) is 0 Å². The van der Waals surface area contributed by atoms with Gasteiger partial charge in [0.15, 0.2) is 0 Å². The average Bonchev–Trinajstić information content (AvgIpc) is 2.84. The van der Waals surface area contributed by atoms with Gasteiger partial charge in [-0.05, 0) is 20.3 Å². The molecule has 2 unspecified atom stereocenters. The van der Waals surface area contributed by atoms with Gasteiger partial charge in [-0.1, -0.05) is 0 Å². The van der Waals surface area contributed by atoms with Gasteiger partial charge in [0.2, 0.25) is 5.91 Å². The summed E-state index contributed by atoms with van der Waals surface area (Å²) < 4.78 is 0. The molecule has 4 nitrogen and oxygen atoms in total. The highest BCUT2D eigenvalue weighted by atomic mass is 32.1. The first-order valence-electron chi connectivity index (χ1n) is 6.58. The fraction of sp³-hybridized carbons (Fsp3) is 0.692. The molecule has 1 aromatic rings. The van der Waals surface area contributed by atoms with E-state index in [0.29, 0.717) is 12.5 Å². The molecule has 0 saturated carbocycles. The summed E-state index contributed by atoms with van der Waals surface area (Å²) in [6.07, 6.45) is 1.62. The number of nitrogens with zero attached hydrogens (tertiary/aromatic N) is 3. The maximum Gasteiger partial charge on any atom is 0.228 e. The van der Waals surface area contributed by atoms with Crippen LogP contribution in [0.4, 0.5) is 0 Å². The molecular formula is C13H19N3OS. The minimum atomic E-state index is 0.259. The predicted molar refractivity (Wildman–Crippen MR) is 71.9 cm³/mol. The molecule has 3 heterocycles. The molecule has 1 aromatic heterocycles. The number of carbonyl (C=O) groups excluding carboxylic acids is 1. The lowest BCUT2D eigenvalue weighted by Gasteiger charge is -2.34. The van der Waals surface area contributed by atoms with Crippen molar-refractivity contribution in [2.45, 2.75) is 32.7 Å². The Hall–Kier alpha value is -0.940. The summed E-state index contributed by atoms with van der Waals surface area (Å²) in [6, 6.07) is 0.450. The molecule has 5 heteroatoms. The summed E-state index contributed by atoms with van der Waals surface area (Å²) in [4.78, 5) is 22.6. The number of aromatic nitrogens is 1. The van der Waals surface area contributed by atoms with Gasteiger partial charge >= 0.3 is 0 Å². The third-order valence-corrected chi connectivity index (χ3v) is 4.91. The second-order valence-corrected chi connectivity index (χ2v) is 6.65. The Labute approximate surface area is 112 Å². The summed E-state index contributed by atoms with van der Waals surface area (Å²) in [6.45, 7) is 8.22. The number of amides is 1. The molecule has 0 spiro atoms. The zero-order valence-electron chi connectivity index (χ0n) is 11.0. The van der Waals surface area contributed by atoms with Crippen LogP contribution >= 0.6 is 11.3 Å². The topological polar surface area (TPSA) is 36.4 Å². The molecule has 2 saturated heterocycles. The molecule has 0 aliphatic carbocycles. The lowest BCUT2D eigenvalue weighted by Crippen LogP contribution is -2.50. The van der Waals surface area contributed by atoms with Gasteiger partial charge in [-0.15, -0.1) is 11.3 Å². The number of hydrogen-bond donors (Lipinski definition) is 0. The average molecular weight is 265 g/mol. The summed E-state index contributed by atoms with van der Waals surface area (Å²) in [5, 5.41) is 1.06. The van der Waals surface area contributed by atoms with E-state index in [1.165, 1.54) is 4.88 Å². The Bertz CT molecular complexity index is 471. The Morgan fingerprint density at radius 2 is 2.22 bits per heavy atom. The van der Waals surface area contributed by atoms with Crippen LogP contribution in [0.2, 0.25) is 0 Å². The molecule has 0 N–H and O–H groups in total. The highest BCUT2D eigenvalue weighted by Crippen LogP contribution is 2.23. The summed E-state index contributed by atoms with van der Waals surface area (Å²) in [7, 11) is 0. The van der Waals surface area contributed by atoms with Crippen LogP contribution in [0.25, 0.3) is 0 Å². The van der Waals surface area contributed by atoms with Crippen LogP contribution in [0.3, 0.4) is 0 Å². The first-order chi connectivity index (χ1) is 8.63. The van der Waals surface area contributed by atoms with E-state index >= 15 is 0 Å². The Morgan fingerprint density at radius 3 is 2.94 bits per heavy atom. The number of piperazine rings is 1. The van der Waals surface area contributed by atoms with Gasteiger partial charge in [0, 0.05) is 37.1 Å². The number of rotatable bonds is 2. The van der Waals surface area contributed by atoms with E-state index in [2.05, 4.69) is 21.7 Å². The second-order valence-electron chi connectivity index (χ2n) is 5.24. The van der Waals surface area contributed by atoms with Crippen LogP contribution < -0.4 is 0 Å². The Balaban J connectivity index is 1.69. The first kappa shape index (κ1) is 12.1.